The number of carbonyl (C=O) groups excluding carboxylic acids is 1. The molecule has 2 heterocycles. The van der Waals surface area contributed by atoms with Gasteiger partial charge in [0.15, 0.2) is 5.13 Å². The molecule has 136 valence electrons. The Balaban J connectivity index is 0.00000264. The van der Waals surface area contributed by atoms with Crippen LogP contribution in [0.3, 0.4) is 0 Å². The Labute approximate surface area is 159 Å². The van der Waals surface area contributed by atoms with Gasteiger partial charge in [-0.15, -0.1) is 36.2 Å². The first-order valence-corrected chi connectivity index (χ1v) is 8.41. The van der Waals surface area contributed by atoms with Gasteiger partial charge in [0.1, 0.15) is 0 Å². The molecule has 2 aromatic rings. The van der Waals surface area contributed by atoms with Crippen LogP contribution in [0.1, 0.15) is 42.0 Å². The fourth-order valence-corrected chi connectivity index (χ4v) is 3.41. The molecule has 0 fully saturated rings. The summed E-state index contributed by atoms with van der Waals surface area (Å²) < 4.78 is 2.01. The summed E-state index contributed by atoms with van der Waals surface area (Å²) in [4.78, 5) is 16.9. The smallest absolute Gasteiger partial charge is 0.253 e. The molecular weight excluding hydrogens is 367 g/mol. The first kappa shape index (κ1) is 22.9. The molecule has 1 atom stereocenters. The summed E-state index contributed by atoms with van der Waals surface area (Å²) in [5, 5.41) is 5.86. The second kappa shape index (κ2) is 10.0. The normalized spacial score (nSPS) is 11.6. The van der Waals surface area contributed by atoms with Gasteiger partial charge in [0.25, 0.3) is 5.91 Å². The zero-order valence-electron chi connectivity index (χ0n) is 14.4. The topological polar surface area (TPSA) is 72.9 Å². The fraction of sp³-hybridized carbons (Fsp3) is 0.500. The molecule has 0 bridgehead atoms. The van der Waals surface area contributed by atoms with Gasteiger partial charge >= 0.3 is 0 Å². The number of nitrogens with two attached hydrogens (primary N) is 1. The van der Waals surface area contributed by atoms with Crippen molar-refractivity contribution in [2.75, 3.05) is 6.54 Å². The lowest BCUT2D eigenvalue weighted by Crippen LogP contribution is -2.41. The maximum Gasteiger partial charge on any atom is 0.253 e. The fourth-order valence-electron chi connectivity index (χ4n) is 2.66. The number of amides is 1. The highest BCUT2D eigenvalue weighted by atomic mass is 35.5. The Kier molecular flexibility index (Phi) is 9.58. The first-order valence-electron chi connectivity index (χ1n) is 7.53. The lowest BCUT2D eigenvalue weighted by atomic mass is 10.0. The molecule has 1 amide bonds. The number of nitrogens with zero attached hydrogens (tertiary/aromatic N) is 2. The van der Waals surface area contributed by atoms with Crippen LogP contribution in [-0.4, -0.2) is 28.0 Å². The lowest BCUT2D eigenvalue weighted by Gasteiger charge is -2.18. The Morgan fingerprint density at radius 2 is 2.04 bits per heavy atom. The van der Waals surface area contributed by atoms with E-state index < -0.39 is 0 Å². The average Bonchev–Trinajstić information content (AvgIpc) is 3.05. The molecule has 5 nitrogen and oxygen atoms in total. The molecular formula is C16H26Cl2N4OS. The Hall–Kier alpha value is -1.08. The molecule has 3 N–H and O–H groups in total. The van der Waals surface area contributed by atoms with E-state index in [1.165, 1.54) is 0 Å². The number of aryl methyl sites for hydroxylation is 1. The number of carbonyl (C=O) groups is 1. The van der Waals surface area contributed by atoms with E-state index in [2.05, 4.69) is 24.1 Å². The van der Waals surface area contributed by atoms with Gasteiger partial charge in [-0.1, -0.05) is 13.8 Å². The van der Waals surface area contributed by atoms with Gasteiger partial charge < -0.3 is 11.1 Å². The third kappa shape index (κ3) is 5.21. The van der Waals surface area contributed by atoms with Gasteiger partial charge in [0.05, 0.1) is 5.56 Å². The zero-order chi connectivity index (χ0) is 16.3. The average molecular weight is 393 g/mol. The summed E-state index contributed by atoms with van der Waals surface area (Å²) in [7, 11) is 0. The highest BCUT2D eigenvalue weighted by Gasteiger charge is 2.20. The summed E-state index contributed by atoms with van der Waals surface area (Å²) in [5.74, 6) is 0.434. The van der Waals surface area contributed by atoms with Crippen molar-refractivity contribution in [2.24, 2.45) is 11.7 Å². The molecule has 2 rings (SSSR count). The van der Waals surface area contributed by atoms with Gasteiger partial charge in [0, 0.05) is 35.6 Å². The molecule has 0 saturated heterocycles. The summed E-state index contributed by atoms with van der Waals surface area (Å²) in [5.41, 5.74) is 8.37. The van der Waals surface area contributed by atoms with Crippen molar-refractivity contribution < 1.29 is 4.79 Å². The molecule has 1 unspecified atom stereocenters. The number of thiazole rings is 1. The largest absolute Gasteiger partial charge is 0.348 e. The monoisotopic (exact) mass is 392 g/mol. The number of rotatable bonds is 6. The summed E-state index contributed by atoms with van der Waals surface area (Å²) in [6.07, 6.45) is 2.65. The van der Waals surface area contributed by atoms with Crippen LogP contribution in [0.15, 0.2) is 17.6 Å². The van der Waals surface area contributed by atoms with Crippen molar-refractivity contribution in [3.63, 3.8) is 0 Å². The van der Waals surface area contributed by atoms with Crippen LogP contribution >= 0.6 is 36.2 Å². The van der Waals surface area contributed by atoms with Gasteiger partial charge in [-0.05, 0) is 32.3 Å². The van der Waals surface area contributed by atoms with Gasteiger partial charge in [-0.2, -0.15) is 0 Å². The lowest BCUT2D eigenvalue weighted by molar-refractivity contribution is 0.0933. The molecule has 0 aliphatic heterocycles. The number of aromatic nitrogens is 2. The maximum absolute atomic E-state index is 12.6. The van der Waals surface area contributed by atoms with Crippen LogP contribution in [0, 0.1) is 19.8 Å². The molecule has 24 heavy (non-hydrogen) atoms. The maximum atomic E-state index is 12.6. The molecule has 0 radical (unpaired) electrons. The minimum atomic E-state index is -0.0630. The predicted octanol–water partition coefficient (Wildman–Crippen LogP) is 3.50. The minimum Gasteiger partial charge on any atom is -0.348 e. The van der Waals surface area contributed by atoms with Crippen molar-refractivity contribution in [3.05, 3.63) is 34.6 Å². The number of hydrogen-bond donors (Lipinski definition) is 2. The second-order valence-corrected chi connectivity index (χ2v) is 6.84. The van der Waals surface area contributed by atoms with Crippen molar-refractivity contribution in [1.29, 1.82) is 0 Å². The van der Waals surface area contributed by atoms with Crippen LogP contribution in [0.5, 0.6) is 0 Å². The number of nitrogens with one attached hydrogen (secondary N) is 1. The highest BCUT2D eigenvalue weighted by molar-refractivity contribution is 7.12. The summed E-state index contributed by atoms with van der Waals surface area (Å²) >= 11 is 1.56. The van der Waals surface area contributed by atoms with Crippen molar-refractivity contribution in [1.82, 2.24) is 14.9 Å². The summed E-state index contributed by atoms with van der Waals surface area (Å²) in [6.45, 7) is 8.64. The third-order valence-electron chi connectivity index (χ3n) is 3.66. The number of hydrogen-bond acceptors (Lipinski definition) is 4. The quantitative estimate of drug-likeness (QED) is 0.789. The molecule has 0 saturated carbocycles. The van der Waals surface area contributed by atoms with Gasteiger partial charge in [0.2, 0.25) is 0 Å². The second-order valence-electron chi connectivity index (χ2n) is 5.97. The molecule has 2 aromatic heterocycles. The Morgan fingerprint density at radius 1 is 1.38 bits per heavy atom. The van der Waals surface area contributed by atoms with E-state index in [1.54, 1.807) is 17.5 Å². The van der Waals surface area contributed by atoms with Crippen molar-refractivity contribution in [3.8, 4) is 5.13 Å². The molecule has 0 aliphatic carbocycles. The van der Waals surface area contributed by atoms with E-state index in [0.717, 1.165) is 22.9 Å². The van der Waals surface area contributed by atoms with E-state index in [-0.39, 0.29) is 36.8 Å². The summed E-state index contributed by atoms with van der Waals surface area (Å²) in [6, 6.07) is 1.92. The zero-order valence-corrected chi connectivity index (χ0v) is 16.9. The first-order chi connectivity index (χ1) is 10.4. The van der Waals surface area contributed by atoms with Crippen molar-refractivity contribution in [2.45, 2.75) is 40.2 Å². The minimum absolute atomic E-state index is 0. The van der Waals surface area contributed by atoms with Crippen LogP contribution in [0.2, 0.25) is 0 Å². The molecule has 0 aliphatic rings. The van der Waals surface area contributed by atoms with Crippen LogP contribution in [0.4, 0.5) is 0 Å². The van der Waals surface area contributed by atoms with E-state index in [1.807, 2.05) is 29.9 Å². The predicted molar refractivity (Wildman–Crippen MR) is 105 cm³/mol. The Bertz CT molecular complexity index is 641. The van der Waals surface area contributed by atoms with E-state index in [0.29, 0.717) is 18.0 Å². The van der Waals surface area contributed by atoms with Crippen LogP contribution < -0.4 is 11.1 Å². The molecule has 0 spiro atoms. The number of halogens is 2. The third-order valence-corrected chi connectivity index (χ3v) is 4.42. The molecule has 8 heteroatoms. The standard InChI is InChI=1S/C16H24N4OS.2ClH/c1-10(2)7-13(9-17)19-15(21)14-8-11(3)20(12(14)4)16-18-5-6-22-16;;/h5-6,8,10,13H,7,9,17H2,1-4H3,(H,19,21);2*1H. The Morgan fingerprint density at radius 3 is 2.54 bits per heavy atom. The SMILES string of the molecule is Cc1cc(C(=O)NC(CN)CC(C)C)c(C)n1-c1nccs1.Cl.Cl. The van der Waals surface area contributed by atoms with E-state index in [4.69, 9.17) is 5.73 Å². The van der Waals surface area contributed by atoms with Gasteiger partial charge in [-0.3, -0.25) is 9.36 Å². The van der Waals surface area contributed by atoms with Crippen molar-refractivity contribution >= 4 is 42.1 Å². The molecule has 0 aromatic carbocycles. The highest BCUT2D eigenvalue weighted by Crippen LogP contribution is 2.22. The van der Waals surface area contributed by atoms with E-state index in [9.17, 15) is 4.79 Å². The van der Waals surface area contributed by atoms with Crippen LogP contribution in [0.25, 0.3) is 5.13 Å². The van der Waals surface area contributed by atoms with E-state index >= 15 is 0 Å². The van der Waals surface area contributed by atoms with Crippen LogP contribution in [-0.2, 0) is 0 Å². The van der Waals surface area contributed by atoms with Gasteiger partial charge in [-0.25, -0.2) is 4.98 Å².